The molecule has 0 saturated heterocycles. The van der Waals surface area contributed by atoms with Crippen LogP contribution in [0.3, 0.4) is 0 Å². The molecule has 7 heteroatoms. The molecule has 2 aromatic rings. The third-order valence-corrected chi connectivity index (χ3v) is 5.27. The maximum atomic E-state index is 12.8. The van der Waals surface area contributed by atoms with Crippen molar-refractivity contribution in [3.05, 3.63) is 36.2 Å². The summed E-state index contributed by atoms with van der Waals surface area (Å²) in [5, 5.41) is 8.24. The molecule has 2 saturated carbocycles. The first-order chi connectivity index (χ1) is 13.2. The number of carbonyl (C=O) groups is 1. The molecule has 0 aliphatic heterocycles. The molecular formula is C20H26N4O3. The number of hydrogen-bond acceptors (Lipinski definition) is 5. The maximum Gasteiger partial charge on any atom is 0.244 e. The standard InChI is InChI=1S/C20H26N4O3/c1-26-18-8-4-5-9-19(18)27-14-15-12-23(22-21-15)13-20(25)24(17-10-11-17)16-6-2-3-7-16/h4-5,8-9,12,16-17H,2-3,6-7,10-11,13-14H2,1H3. The number of methoxy groups -OCH3 is 1. The molecule has 1 heterocycles. The van der Waals surface area contributed by atoms with Crippen molar-refractivity contribution < 1.29 is 14.3 Å². The Labute approximate surface area is 159 Å². The molecule has 0 N–H and O–H groups in total. The lowest BCUT2D eigenvalue weighted by atomic mass is 10.2. The second kappa shape index (κ2) is 7.98. The van der Waals surface area contributed by atoms with E-state index in [9.17, 15) is 4.79 Å². The zero-order valence-electron chi connectivity index (χ0n) is 15.7. The van der Waals surface area contributed by atoms with Crippen LogP contribution in [0.15, 0.2) is 30.5 Å². The molecule has 1 aromatic carbocycles. The predicted octanol–water partition coefficient (Wildman–Crippen LogP) is 2.80. The van der Waals surface area contributed by atoms with Crippen molar-refractivity contribution in [2.45, 2.75) is 63.8 Å². The van der Waals surface area contributed by atoms with Crippen molar-refractivity contribution in [3.63, 3.8) is 0 Å². The molecule has 1 amide bonds. The normalized spacial score (nSPS) is 17.1. The van der Waals surface area contributed by atoms with Crippen molar-refractivity contribution in [2.24, 2.45) is 0 Å². The van der Waals surface area contributed by atoms with Gasteiger partial charge >= 0.3 is 0 Å². The van der Waals surface area contributed by atoms with Crippen LogP contribution in [0.5, 0.6) is 11.5 Å². The van der Waals surface area contributed by atoms with Crippen LogP contribution < -0.4 is 9.47 Å². The van der Waals surface area contributed by atoms with Gasteiger partial charge in [0.2, 0.25) is 5.91 Å². The van der Waals surface area contributed by atoms with Crippen LogP contribution in [0.4, 0.5) is 0 Å². The highest BCUT2D eigenvalue weighted by molar-refractivity contribution is 5.77. The second-order valence-electron chi connectivity index (χ2n) is 7.32. The Morgan fingerprint density at radius 3 is 2.56 bits per heavy atom. The first kappa shape index (κ1) is 17.8. The van der Waals surface area contributed by atoms with Crippen LogP contribution in [-0.4, -0.2) is 45.0 Å². The summed E-state index contributed by atoms with van der Waals surface area (Å²) < 4.78 is 12.7. The predicted molar refractivity (Wildman–Crippen MR) is 99.5 cm³/mol. The smallest absolute Gasteiger partial charge is 0.244 e. The molecule has 0 spiro atoms. The van der Waals surface area contributed by atoms with Gasteiger partial charge in [0.05, 0.1) is 13.3 Å². The SMILES string of the molecule is COc1ccccc1OCc1cn(CC(=O)N(C2CCCC2)C2CC2)nn1. The van der Waals surface area contributed by atoms with Gasteiger partial charge in [-0.05, 0) is 37.8 Å². The second-order valence-corrected chi connectivity index (χ2v) is 7.32. The van der Waals surface area contributed by atoms with Crippen molar-refractivity contribution >= 4 is 5.91 Å². The molecule has 7 nitrogen and oxygen atoms in total. The summed E-state index contributed by atoms with van der Waals surface area (Å²) in [7, 11) is 1.61. The monoisotopic (exact) mass is 370 g/mol. The number of benzene rings is 1. The lowest BCUT2D eigenvalue weighted by molar-refractivity contribution is -0.135. The summed E-state index contributed by atoms with van der Waals surface area (Å²) in [6, 6.07) is 8.34. The topological polar surface area (TPSA) is 69.5 Å². The van der Waals surface area contributed by atoms with E-state index in [1.807, 2.05) is 24.3 Å². The molecular weight excluding hydrogens is 344 g/mol. The van der Waals surface area contributed by atoms with E-state index in [2.05, 4.69) is 15.2 Å². The lowest BCUT2D eigenvalue weighted by Gasteiger charge is -2.29. The molecule has 0 radical (unpaired) electrons. The van der Waals surface area contributed by atoms with Gasteiger partial charge in [-0.1, -0.05) is 30.2 Å². The van der Waals surface area contributed by atoms with Crippen molar-refractivity contribution in [1.29, 1.82) is 0 Å². The minimum Gasteiger partial charge on any atom is -0.493 e. The Hall–Kier alpha value is -2.57. The quantitative estimate of drug-likeness (QED) is 0.715. The molecule has 1 aromatic heterocycles. The van der Waals surface area contributed by atoms with Gasteiger partial charge in [-0.25, -0.2) is 4.68 Å². The number of amides is 1. The number of aromatic nitrogens is 3. The van der Waals surface area contributed by atoms with Gasteiger partial charge < -0.3 is 14.4 Å². The van der Waals surface area contributed by atoms with E-state index in [4.69, 9.17) is 9.47 Å². The first-order valence-electron chi connectivity index (χ1n) is 9.70. The summed E-state index contributed by atoms with van der Waals surface area (Å²) in [6.45, 7) is 0.526. The van der Waals surface area contributed by atoms with Gasteiger partial charge in [-0.15, -0.1) is 5.10 Å². The van der Waals surface area contributed by atoms with Crippen LogP contribution in [-0.2, 0) is 17.9 Å². The minimum atomic E-state index is 0.159. The molecule has 0 unspecified atom stereocenters. The fourth-order valence-electron chi connectivity index (χ4n) is 3.83. The van der Waals surface area contributed by atoms with E-state index in [1.54, 1.807) is 18.0 Å². The summed E-state index contributed by atoms with van der Waals surface area (Å²) >= 11 is 0. The largest absolute Gasteiger partial charge is 0.493 e. The summed E-state index contributed by atoms with van der Waals surface area (Å²) in [5.74, 6) is 1.50. The summed E-state index contributed by atoms with van der Waals surface area (Å²) in [4.78, 5) is 15.0. The van der Waals surface area contributed by atoms with Gasteiger partial charge in [0.1, 0.15) is 18.8 Å². The van der Waals surface area contributed by atoms with Crippen molar-refractivity contribution in [3.8, 4) is 11.5 Å². The number of hydrogen-bond donors (Lipinski definition) is 0. The van der Waals surface area contributed by atoms with E-state index < -0.39 is 0 Å². The minimum absolute atomic E-state index is 0.159. The molecule has 0 bridgehead atoms. The van der Waals surface area contributed by atoms with Crippen LogP contribution >= 0.6 is 0 Å². The van der Waals surface area contributed by atoms with E-state index in [1.165, 1.54) is 12.8 Å². The number of carbonyl (C=O) groups excluding carboxylic acids is 1. The number of ether oxygens (including phenoxy) is 2. The fraction of sp³-hybridized carbons (Fsp3) is 0.550. The van der Waals surface area contributed by atoms with Gasteiger partial charge in [0.25, 0.3) is 0 Å². The Kier molecular flexibility index (Phi) is 5.27. The first-order valence-corrected chi connectivity index (χ1v) is 9.70. The van der Waals surface area contributed by atoms with Crippen LogP contribution in [0, 0.1) is 0 Å². The zero-order valence-corrected chi connectivity index (χ0v) is 15.7. The Morgan fingerprint density at radius 1 is 1.15 bits per heavy atom. The van der Waals surface area contributed by atoms with Gasteiger partial charge in [0, 0.05) is 12.1 Å². The number of para-hydroxylation sites is 2. The van der Waals surface area contributed by atoms with Gasteiger partial charge in [-0.3, -0.25) is 4.79 Å². The molecule has 4 rings (SSSR count). The number of rotatable bonds is 8. The Morgan fingerprint density at radius 2 is 1.85 bits per heavy atom. The van der Waals surface area contributed by atoms with Crippen LogP contribution in [0.2, 0.25) is 0 Å². The van der Waals surface area contributed by atoms with Crippen molar-refractivity contribution in [1.82, 2.24) is 19.9 Å². The van der Waals surface area contributed by atoms with E-state index in [0.29, 0.717) is 29.3 Å². The van der Waals surface area contributed by atoms with Gasteiger partial charge in [0.15, 0.2) is 11.5 Å². The average Bonchev–Trinajstić information content (AvgIpc) is 3.17. The molecule has 2 aliphatic rings. The van der Waals surface area contributed by atoms with Crippen LogP contribution in [0.25, 0.3) is 0 Å². The van der Waals surface area contributed by atoms with Crippen molar-refractivity contribution in [2.75, 3.05) is 7.11 Å². The average molecular weight is 370 g/mol. The molecule has 27 heavy (non-hydrogen) atoms. The molecule has 144 valence electrons. The molecule has 0 atom stereocenters. The Bertz CT molecular complexity index is 781. The third-order valence-electron chi connectivity index (χ3n) is 5.27. The summed E-state index contributed by atoms with van der Waals surface area (Å²) in [5.41, 5.74) is 0.688. The molecule has 2 aliphatic carbocycles. The molecule has 2 fully saturated rings. The highest BCUT2D eigenvalue weighted by Gasteiger charge is 2.38. The van der Waals surface area contributed by atoms with Crippen LogP contribution in [0.1, 0.15) is 44.2 Å². The zero-order chi connectivity index (χ0) is 18.6. The maximum absolute atomic E-state index is 12.8. The van der Waals surface area contributed by atoms with E-state index in [0.717, 1.165) is 25.7 Å². The highest BCUT2D eigenvalue weighted by atomic mass is 16.5. The van der Waals surface area contributed by atoms with E-state index >= 15 is 0 Å². The Balaban J connectivity index is 1.35. The van der Waals surface area contributed by atoms with Gasteiger partial charge in [-0.2, -0.15) is 0 Å². The lowest BCUT2D eigenvalue weighted by Crippen LogP contribution is -2.42. The number of nitrogens with zero attached hydrogens (tertiary/aromatic N) is 4. The van der Waals surface area contributed by atoms with E-state index in [-0.39, 0.29) is 19.1 Å². The fourth-order valence-corrected chi connectivity index (χ4v) is 3.83. The summed E-state index contributed by atoms with van der Waals surface area (Å²) in [6.07, 6.45) is 8.79. The highest BCUT2D eigenvalue weighted by Crippen LogP contribution is 2.34. The third kappa shape index (κ3) is 4.23.